The number of benzene rings is 2. The summed E-state index contributed by atoms with van der Waals surface area (Å²) in [7, 11) is 1.58. The fourth-order valence-corrected chi connectivity index (χ4v) is 4.49. The average Bonchev–Trinajstić information content (AvgIpc) is 2.89. The van der Waals surface area contributed by atoms with Crippen molar-refractivity contribution in [1.29, 1.82) is 0 Å². The maximum atomic E-state index is 13.9. The van der Waals surface area contributed by atoms with Crippen molar-refractivity contribution in [3.63, 3.8) is 0 Å². The Morgan fingerprint density at radius 1 is 0.925 bits per heavy atom. The third-order valence-electron chi connectivity index (χ3n) is 6.49. The van der Waals surface area contributed by atoms with Crippen molar-refractivity contribution in [3.8, 4) is 5.75 Å². The van der Waals surface area contributed by atoms with Crippen LogP contribution in [0, 0.1) is 13.8 Å². The van der Waals surface area contributed by atoms with Crippen LogP contribution in [-0.2, 0) is 14.3 Å². The van der Waals surface area contributed by atoms with Gasteiger partial charge < -0.3 is 25.0 Å². The molecule has 0 heterocycles. The van der Waals surface area contributed by atoms with Gasteiger partial charge in [-0.15, -0.1) is 0 Å². The molecule has 8 nitrogen and oxygen atoms in total. The number of hydrogen-bond acceptors (Lipinski definition) is 5. The summed E-state index contributed by atoms with van der Waals surface area (Å²) in [4.78, 5) is 41.5. The number of carbonyl (C=O) groups is 3. The minimum atomic E-state index is -0.883. The summed E-state index contributed by atoms with van der Waals surface area (Å²) in [5, 5.41) is 5.55. The molecule has 2 aromatic rings. The highest BCUT2D eigenvalue weighted by Crippen LogP contribution is 2.28. The van der Waals surface area contributed by atoms with Gasteiger partial charge in [0, 0.05) is 12.2 Å². The quantitative estimate of drug-likeness (QED) is 0.254. The Morgan fingerprint density at radius 2 is 1.57 bits per heavy atom. The molecule has 0 aliphatic rings. The maximum Gasteiger partial charge on any atom is 0.408 e. The van der Waals surface area contributed by atoms with Gasteiger partial charge >= 0.3 is 6.09 Å². The number of nitrogens with zero attached hydrogens (tertiary/aromatic N) is 1. The van der Waals surface area contributed by atoms with E-state index < -0.39 is 17.7 Å². The molecule has 2 N–H and O–H groups in total. The molecule has 40 heavy (non-hydrogen) atoms. The standard InChI is InChI=1S/C32H47N3O5/c1-8-9-10-11-12-13-20-35(28(36)22-33-31(38)40-32(4,5)6)29(27-19-14-23(2)21-24(27)3)30(37)34-25-15-17-26(39-7)18-16-25/h14-19,21,29H,8-13,20,22H2,1-7H3,(H,33,38)(H,34,37). The Morgan fingerprint density at radius 3 is 2.17 bits per heavy atom. The molecular formula is C32H47N3O5. The number of aryl methyl sites for hydroxylation is 2. The number of ether oxygens (including phenoxy) is 2. The second-order valence-corrected chi connectivity index (χ2v) is 11.2. The highest BCUT2D eigenvalue weighted by molar-refractivity contribution is 5.98. The molecule has 0 bridgehead atoms. The van der Waals surface area contributed by atoms with Crippen LogP contribution in [0.1, 0.15) is 89.0 Å². The summed E-state index contributed by atoms with van der Waals surface area (Å²) in [6.07, 6.45) is 5.56. The number of amides is 3. The van der Waals surface area contributed by atoms with Crippen molar-refractivity contribution in [1.82, 2.24) is 10.2 Å². The van der Waals surface area contributed by atoms with Gasteiger partial charge in [-0.1, -0.05) is 62.8 Å². The van der Waals surface area contributed by atoms with Gasteiger partial charge in [0.15, 0.2) is 0 Å². The molecule has 2 aromatic carbocycles. The largest absolute Gasteiger partial charge is 0.497 e. The summed E-state index contributed by atoms with van der Waals surface area (Å²) in [5.41, 5.74) is 2.63. The molecule has 0 saturated heterocycles. The van der Waals surface area contributed by atoms with Gasteiger partial charge in [-0.05, 0) is 76.4 Å². The van der Waals surface area contributed by atoms with Crippen molar-refractivity contribution in [2.24, 2.45) is 0 Å². The molecule has 8 heteroatoms. The van der Waals surface area contributed by atoms with Gasteiger partial charge in [-0.25, -0.2) is 4.79 Å². The smallest absolute Gasteiger partial charge is 0.408 e. The Kier molecular flexibility index (Phi) is 13.0. The zero-order valence-electron chi connectivity index (χ0n) is 25.3. The normalized spacial score (nSPS) is 11.9. The summed E-state index contributed by atoms with van der Waals surface area (Å²) in [6, 6.07) is 12.0. The van der Waals surface area contributed by atoms with Gasteiger partial charge in [-0.3, -0.25) is 9.59 Å². The van der Waals surface area contributed by atoms with Gasteiger partial charge in [0.2, 0.25) is 5.91 Å². The number of alkyl carbamates (subject to hydrolysis) is 1. The second kappa shape index (κ2) is 15.9. The first-order chi connectivity index (χ1) is 18.9. The van der Waals surface area contributed by atoms with Crippen LogP contribution in [0.3, 0.4) is 0 Å². The van der Waals surface area contributed by atoms with Crippen LogP contribution in [0.2, 0.25) is 0 Å². The SMILES string of the molecule is CCCCCCCCN(C(=O)CNC(=O)OC(C)(C)C)C(C(=O)Nc1ccc(OC)cc1)c1ccc(C)cc1C. The van der Waals surface area contributed by atoms with E-state index in [0.29, 0.717) is 18.0 Å². The monoisotopic (exact) mass is 553 g/mol. The molecule has 3 amide bonds. The summed E-state index contributed by atoms with van der Waals surface area (Å²) < 4.78 is 10.5. The van der Waals surface area contributed by atoms with Gasteiger partial charge in [0.25, 0.3) is 5.91 Å². The first-order valence-electron chi connectivity index (χ1n) is 14.2. The van der Waals surface area contributed by atoms with Crippen molar-refractivity contribution in [2.45, 2.75) is 91.7 Å². The lowest BCUT2D eigenvalue weighted by atomic mass is 9.96. The van der Waals surface area contributed by atoms with Gasteiger partial charge in [0.05, 0.1) is 7.11 Å². The molecule has 0 aliphatic carbocycles. The number of methoxy groups -OCH3 is 1. The van der Waals surface area contributed by atoms with Crippen LogP contribution in [-0.4, -0.2) is 48.6 Å². The number of unbranched alkanes of at least 4 members (excludes halogenated alkanes) is 5. The Hall–Kier alpha value is -3.55. The molecule has 2 rings (SSSR count). The lowest BCUT2D eigenvalue weighted by Crippen LogP contribution is -2.47. The van der Waals surface area contributed by atoms with Gasteiger partial charge in [-0.2, -0.15) is 0 Å². The summed E-state index contributed by atoms with van der Waals surface area (Å²) in [5.74, 6) is 0.0000156. The summed E-state index contributed by atoms with van der Waals surface area (Å²) in [6.45, 7) is 11.5. The Labute approximate surface area is 239 Å². The first-order valence-corrected chi connectivity index (χ1v) is 14.2. The van der Waals surface area contributed by atoms with Crippen LogP contribution in [0.25, 0.3) is 0 Å². The third kappa shape index (κ3) is 10.9. The predicted molar refractivity (Wildman–Crippen MR) is 160 cm³/mol. The Bertz CT molecular complexity index is 1110. The predicted octanol–water partition coefficient (Wildman–Crippen LogP) is 6.71. The average molecular weight is 554 g/mol. The minimum Gasteiger partial charge on any atom is -0.497 e. The highest BCUT2D eigenvalue weighted by atomic mass is 16.6. The van der Waals surface area contributed by atoms with E-state index in [2.05, 4.69) is 17.6 Å². The highest BCUT2D eigenvalue weighted by Gasteiger charge is 2.32. The topological polar surface area (TPSA) is 97.0 Å². The van der Waals surface area contributed by atoms with E-state index in [0.717, 1.165) is 48.8 Å². The van der Waals surface area contributed by atoms with Crippen molar-refractivity contribution in [2.75, 3.05) is 25.5 Å². The minimum absolute atomic E-state index is 0.276. The van der Waals surface area contributed by atoms with E-state index in [1.54, 1.807) is 57.0 Å². The zero-order valence-corrected chi connectivity index (χ0v) is 25.3. The van der Waals surface area contributed by atoms with E-state index in [1.807, 2.05) is 32.0 Å². The van der Waals surface area contributed by atoms with Crippen molar-refractivity contribution < 1.29 is 23.9 Å². The molecule has 1 atom stereocenters. The van der Waals surface area contributed by atoms with E-state index in [1.165, 1.54) is 6.42 Å². The number of anilines is 1. The molecule has 0 fully saturated rings. The van der Waals surface area contributed by atoms with Crippen LogP contribution < -0.4 is 15.4 Å². The number of hydrogen-bond donors (Lipinski definition) is 2. The molecular weight excluding hydrogens is 506 g/mol. The third-order valence-corrected chi connectivity index (χ3v) is 6.49. The second-order valence-electron chi connectivity index (χ2n) is 11.2. The van der Waals surface area contributed by atoms with Crippen LogP contribution in [0.5, 0.6) is 5.75 Å². The van der Waals surface area contributed by atoms with Crippen LogP contribution in [0.4, 0.5) is 10.5 Å². The summed E-state index contributed by atoms with van der Waals surface area (Å²) >= 11 is 0. The van der Waals surface area contributed by atoms with E-state index >= 15 is 0 Å². The number of nitrogens with one attached hydrogen (secondary N) is 2. The first kappa shape index (κ1) is 32.7. The number of rotatable bonds is 14. The molecule has 220 valence electrons. The number of carbonyl (C=O) groups excluding carboxylic acids is 3. The fraction of sp³-hybridized carbons (Fsp3) is 0.531. The Balaban J connectivity index is 2.37. The molecule has 0 saturated carbocycles. The van der Waals surface area contributed by atoms with E-state index in [9.17, 15) is 14.4 Å². The lowest BCUT2D eigenvalue weighted by molar-refractivity contribution is -0.138. The van der Waals surface area contributed by atoms with Crippen LogP contribution in [0.15, 0.2) is 42.5 Å². The molecule has 0 aliphatic heterocycles. The van der Waals surface area contributed by atoms with E-state index in [-0.39, 0.29) is 18.4 Å². The zero-order chi connectivity index (χ0) is 29.7. The fourth-order valence-electron chi connectivity index (χ4n) is 4.49. The van der Waals surface area contributed by atoms with E-state index in [4.69, 9.17) is 9.47 Å². The van der Waals surface area contributed by atoms with Gasteiger partial charge in [0.1, 0.15) is 23.9 Å². The molecule has 0 radical (unpaired) electrons. The van der Waals surface area contributed by atoms with Crippen molar-refractivity contribution >= 4 is 23.6 Å². The van der Waals surface area contributed by atoms with Crippen LogP contribution >= 0.6 is 0 Å². The molecule has 0 spiro atoms. The maximum absolute atomic E-state index is 13.9. The van der Waals surface area contributed by atoms with Crippen molar-refractivity contribution in [3.05, 3.63) is 59.2 Å². The molecule has 1 unspecified atom stereocenters. The lowest BCUT2D eigenvalue weighted by Gasteiger charge is -2.33. The molecule has 0 aromatic heterocycles.